The van der Waals surface area contributed by atoms with Crippen LogP contribution in [0.25, 0.3) is 0 Å². The van der Waals surface area contributed by atoms with Crippen molar-refractivity contribution in [3.05, 3.63) is 51.6 Å². The van der Waals surface area contributed by atoms with Crippen LogP contribution in [0.1, 0.15) is 148 Å². The molecule has 0 heterocycles. The fraction of sp³-hybridized carbons (Fsp3) is 0.780. The van der Waals surface area contributed by atoms with Crippen LogP contribution in [0.3, 0.4) is 0 Å². The van der Waals surface area contributed by atoms with E-state index in [0.717, 1.165) is 58.8 Å². The van der Waals surface area contributed by atoms with Crippen molar-refractivity contribution >= 4 is 0 Å². The van der Waals surface area contributed by atoms with Crippen LogP contribution in [-0.4, -0.2) is 15.8 Å². The Morgan fingerprint density at radius 3 is 1.11 bits per heavy atom. The molecule has 0 amide bonds. The Hall–Kier alpha value is 1.12. The van der Waals surface area contributed by atoms with Gasteiger partial charge in [-0.1, -0.05) is 128 Å². The average Bonchev–Trinajstić information content (AvgIpc) is 3.42. The molecule has 0 saturated heterocycles. The maximum Gasteiger partial charge on any atom is 3.00 e. The molecule has 2 nitrogen and oxygen atoms in total. The number of aromatic hydroxyl groups is 1. The van der Waals surface area contributed by atoms with Crippen LogP contribution in [0.15, 0.2) is 18.2 Å². The number of phenolic OH excluding ortho intramolecular Hbond substituents is 1. The largest absolute Gasteiger partial charge is 3.00 e. The van der Waals surface area contributed by atoms with E-state index >= 15 is 0 Å². The first kappa shape index (κ1) is 55.5. The molecule has 0 aromatic heterocycles. The van der Waals surface area contributed by atoms with Gasteiger partial charge in [0.1, 0.15) is 5.75 Å². The minimum atomic E-state index is -0.500. The third-order valence-corrected chi connectivity index (χ3v) is 10.5. The third-order valence-electron chi connectivity index (χ3n) is 10.5. The molecule has 3 aliphatic rings. The predicted octanol–water partition coefficient (Wildman–Crippen LogP) is 12.4. The zero-order valence-corrected chi connectivity index (χ0v) is 36.7. The van der Waals surface area contributed by atoms with Crippen molar-refractivity contribution in [2.75, 3.05) is 0 Å². The summed E-state index contributed by atoms with van der Waals surface area (Å²) < 4.78 is 0. The fourth-order valence-electron chi connectivity index (χ4n) is 7.45. The smallest absolute Gasteiger partial charge is 0.508 e. The zero-order chi connectivity index (χ0) is 31.4. The van der Waals surface area contributed by atoms with Gasteiger partial charge in [0.15, 0.2) is 0 Å². The number of rotatable bonds is 0. The molecule has 267 valence electrons. The first-order valence-electron chi connectivity index (χ1n) is 16.5. The van der Waals surface area contributed by atoms with Gasteiger partial charge < -0.3 is 32.5 Å². The van der Waals surface area contributed by atoms with E-state index in [1.807, 2.05) is 6.07 Å². The number of hydrogen-bond acceptors (Lipinski definition) is 2. The molecule has 2 N–H and O–H groups in total. The van der Waals surface area contributed by atoms with E-state index in [0.29, 0.717) is 5.75 Å². The Labute approximate surface area is 334 Å². The number of hydrogen-bond donors (Lipinski definition) is 2. The minimum Gasteiger partial charge on any atom is -0.508 e. The van der Waals surface area contributed by atoms with Gasteiger partial charge in [-0.3, -0.25) is 0 Å². The van der Waals surface area contributed by atoms with E-state index in [9.17, 15) is 5.11 Å². The maximum atomic E-state index is 9.84. The molecule has 3 fully saturated rings. The average molecular weight is 735 g/mol. The summed E-state index contributed by atoms with van der Waals surface area (Å²) in [5.41, 5.74) is 1.92. The monoisotopic (exact) mass is 733 g/mol. The van der Waals surface area contributed by atoms with Crippen molar-refractivity contribution < 1.29 is 74.2 Å². The van der Waals surface area contributed by atoms with Crippen LogP contribution >= 0.6 is 0 Å². The maximum absolute atomic E-state index is 9.84. The fourth-order valence-corrected chi connectivity index (χ4v) is 7.45. The van der Waals surface area contributed by atoms with Gasteiger partial charge in [-0.05, 0) is 102 Å². The minimum absolute atomic E-state index is 0. The predicted molar refractivity (Wildman–Crippen MR) is 196 cm³/mol. The molecule has 1 aromatic rings. The molecule has 3 aliphatic carbocycles. The standard InChI is InChI=1S/C14H22O.C14H26.C6H12.C4H10O.3CH3.Ar.Zr/c1-13(2,3)10-7-8-12(15)11(9-10)14(4,5)6;1-7-9(3)13-11(5)8(2)12(6)14(13)10(7)4;1-6-4-2-3-5-6;1-4(2,3)5;;;;;/h7-9,15H,1-6H3;7-14H,1-6H3;6H,2-5H2,1H3;5H,1-3H3;3*1H3;;/q;;;;3*-1;;+3. The van der Waals surface area contributed by atoms with Crippen molar-refractivity contribution in [3.63, 3.8) is 0 Å². The molecule has 4 unspecified atom stereocenters. The molecule has 3 saturated carbocycles. The number of phenols is 1. The second-order valence-corrected chi connectivity index (χ2v) is 17.1. The first-order chi connectivity index (χ1) is 18.0. The molecule has 0 aliphatic heterocycles. The van der Waals surface area contributed by atoms with Crippen molar-refractivity contribution in [3.8, 4) is 5.75 Å². The molecule has 0 spiro atoms. The van der Waals surface area contributed by atoms with Crippen LogP contribution in [0, 0.1) is 113 Å². The normalized spacial score (nSPS) is 28.6. The first-order valence-corrected chi connectivity index (χ1v) is 16.5. The van der Waals surface area contributed by atoms with Crippen LogP contribution in [0.2, 0.25) is 0 Å². The van der Waals surface area contributed by atoms with Gasteiger partial charge in [0, 0.05) is 37.7 Å². The van der Waals surface area contributed by atoms with Crippen molar-refractivity contribution in [1.82, 2.24) is 0 Å². The van der Waals surface area contributed by atoms with E-state index < -0.39 is 5.60 Å². The van der Waals surface area contributed by atoms with Gasteiger partial charge in [0.2, 0.25) is 0 Å². The van der Waals surface area contributed by atoms with Crippen molar-refractivity contribution in [2.24, 2.45) is 53.3 Å². The number of benzene rings is 1. The van der Waals surface area contributed by atoms with Gasteiger partial charge in [0.05, 0.1) is 5.60 Å². The van der Waals surface area contributed by atoms with E-state index in [4.69, 9.17) is 5.11 Å². The molecule has 45 heavy (non-hydrogen) atoms. The second-order valence-electron chi connectivity index (χ2n) is 17.1. The van der Waals surface area contributed by atoms with Crippen LogP contribution in [0.5, 0.6) is 5.75 Å². The van der Waals surface area contributed by atoms with Crippen LogP contribution in [0.4, 0.5) is 0 Å². The Balaban J connectivity index is -0.000000165. The van der Waals surface area contributed by atoms with Crippen LogP contribution in [-0.2, 0) is 37.0 Å². The Kier molecular flexibility index (Phi) is 28.1. The SMILES string of the molecule is CC(C)(C)O.CC(C)(C)c1ccc(O)c(C(C)(C)C)c1.CC1C(C)C2C(C)C(C)C(C)C2C1C.CC1CCCC1.[Ar].[CH3-].[CH3-].[CH3-].[Zr+3]. The second kappa shape index (κ2) is 22.8. The van der Waals surface area contributed by atoms with Crippen molar-refractivity contribution in [1.29, 1.82) is 0 Å². The van der Waals surface area contributed by atoms with Gasteiger partial charge >= 0.3 is 26.2 Å². The molecular formula is C41H79ArO2Zr. The molecule has 1 radical (unpaired) electrons. The Bertz CT molecular complexity index is 838. The number of fused-ring (bicyclic) bond motifs is 1. The summed E-state index contributed by atoms with van der Waals surface area (Å²) in [6, 6.07) is 5.93. The summed E-state index contributed by atoms with van der Waals surface area (Å²) >= 11 is 0. The van der Waals surface area contributed by atoms with Gasteiger partial charge in [-0.2, -0.15) is 0 Å². The summed E-state index contributed by atoms with van der Waals surface area (Å²) in [7, 11) is 0. The Morgan fingerprint density at radius 1 is 0.578 bits per heavy atom. The summed E-state index contributed by atoms with van der Waals surface area (Å²) in [6.45, 7) is 35.4. The van der Waals surface area contributed by atoms with E-state index in [1.165, 1.54) is 31.2 Å². The van der Waals surface area contributed by atoms with Crippen molar-refractivity contribution in [2.45, 2.75) is 153 Å². The molecule has 0 bridgehead atoms. The molecule has 1 aromatic carbocycles. The van der Waals surface area contributed by atoms with E-state index in [2.05, 4.69) is 96.1 Å². The zero-order valence-electron chi connectivity index (χ0n) is 33.5. The topological polar surface area (TPSA) is 40.5 Å². The van der Waals surface area contributed by atoms with Gasteiger partial charge in [0.25, 0.3) is 0 Å². The van der Waals surface area contributed by atoms with E-state index in [1.54, 1.807) is 26.8 Å². The summed E-state index contributed by atoms with van der Waals surface area (Å²) in [5, 5.41) is 18.4. The molecule has 4 heteroatoms. The van der Waals surface area contributed by atoms with Gasteiger partial charge in [-0.25, -0.2) is 0 Å². The summed E-state index contributed by atoms with van der Waals surface area (Å²) in [6.07, 6.45) is 5.95. The quantitative estimate of drug-likeness (QED) is 0.261. The van der Waals surface area contributed by atoms with Crippen LogP contribution < -0.4 is 0 Å². The Morgan fingerprint density at radius 2 is 0.889 bits per heavy atom. The number of aliphatic hydroxyl groups is 1. The van der Waals surface area contributed by atoms with E-state index in [-0.39, 0.29) is 97.1 Å². The summed E-state index contributed by atoms with van der Waals surface area (Å²) in [5.74, 6) is 9.20. The molecule has 4 rings (SSSR count). The van der Waals surface area contributed by atoms with Gasteiger partial charge in [-0.15, -0.1) is 0 Å². The molecule has 4 atom stereocenters. The summed E-state index contributed by atoms with van der Waals surface area (Å²) in [4.78, 5) is 0. The third kappa shape index (κ3) is 17.6. The molecular weight excluding hydrogens is 656 g/mol.